The maximum absolute atomic E-state index is 11.7. The summed E-state index contributed by atoms with van der Waals surface area (Å²) >= 11 is 0. The SMILES string of the molecule is CCC/C=C/CC1CCC(NC(=O)OC(C)(C)C)CC1. The highest BCUT2D eigenvalue weighted by molar-refractivity contribution is 5.68. The van der Waals surface area contributed by atoms with Gasteiger partial charge in [-0.3, -0.25) is 0 Å². The molecule has 0 heterocycles. The first-order chi connectivity index (χ1) is 9.40. The molecule has 3 heteroatoms. The molecule has 1 N–H and O–H groups in total. The van der Waals surface area contributed by atoms with Crippen LogP contribution >= 0.6 is 0 Å². The van der Waals surface area contributed by atoms with Gasteiger partial charge in [-0.25, -0.2) is 4.79 Å². The average Bonchev–Trinajstić information content (AvgIpc) is 2.34. The highest BCUT2D eigenvalue weighted by Crippen LogP contribution is 2.27. The smallest absolute Gasteiger partial charge is 0.407 e. The summed E-state index contributed by atoms with van der Waals surface area (Å²) in [5.74, 6) is 0.791. The summed E-state index contributed by atoms with van der Waals surface area (Å²) in [6.07, 6.45) is 12.5. The lowest BCUT2D eigenvalue weighted by Gasteiger charge is -2.29. The summed E-state index contributed by atoms with van der Waals surface area (Å²) in [6.45, 7) is 7.89. The Morgan fingerprint density at radius 1 is 1.20 bits per heavy atom. The molecule has 1 aliphatic rings. The van der Waals surface area contributed by atoms with Gasteiger partial charge in [0.15, 0.2) is 0 Å². The quantitative estimate of drug-likeness (QED) is 0.734. The van der Waals surface area contributed by atoms with Gasteiger partial charge < -0.3 is 10.1 Å². The largest absolute Gasteiger partial charge is 0.444 e. The van der Waals surface area contributed by atoms with Gasteiger partial charge in [0, 0.05) is 6.04 Å². The number of nitrogens with one attached hydrogen (secondary N) is 1. The van der Waals surface area contributed by atoms with Crippen molar-refractivity contribution in [2.75, 3.05) is 0 Å². The Morgan fingerprint density at radius 2 is 1.85 bits per heavy atom. The van der Waals surface area contributed by atoms with E-state index in [-0.39, 0.29) is 6.09 Å². The average molecular weight is 281 g/mol. The number of carbonyl (C=O) groups excluding carboxylic acids is 1. The van der Waals surface area contributed by atoms with Crippen molar-refractivity contribution in [3.8, 4) is 0 Å². The van der Waals surface area contributed by atoms with Crippen molar-refractivity contribution in [2.24, 2.45) is 5.92 Å². The number of allylic oxidation sites excluding steroid dienone is 2. The molecule has 0 spiro atoms. The van der Waals surface area contributed by atoms with Crippen LogP contribution in [0.1, 0.15) is 72.6 Å². The third-order valence-corrected chi connectivity index (χ3v) is 3.66. The molecule has 0 aliphatic heterocycles. The normalized spacial score (nSPS) is 23.8. The van der Waals surface area contributed by atoms with Crippen molar-refractivity contribution >= 4 is 6.09 Å². The fourth-order valence-corrected chi connectivity index (χ4v) is 2.59. The molecule has 1 saturated carbocycles. The van der Waals surface area contributed by atoms with Crippen molar-refractivity contribution < 1.29 is 9.53 Å². The van der Waals surface area contributed by atoms with Gasteiger partial charge >= 0.3 is 6.09 Å². The van der Waals surface area contributed by atoms with Crippen molar-refractivity contribution in [3.05, 3.63) is 12.2 Å². The van der Waals surface area contributed by atoms with Gasteiger partial charge in [0.25, 0.3) is 0 Å². The Balaban J connectivity index is 2.20. The molecule has 116 valence electrons. The maximum atomic E-state index is 11.7. The molecule has 0 bridgehead atoms. The minimum absolute atomic E-state index is 0.274. The summed E-state index contributed by atoms with van der Waals surface area (Å²) in [4.78, 5) is 11.7. The number of alkyl carbamates (subject to hydrolysis) is 1. The van der Waals surface area contributed by atoms with Crippen LogP contribution in [0.2, 0.25) is 0 Å². The first kappa shape index (κ1) is 17.1. The van der Waals surface area contributed by atoms with E-state index < -0.39 is 5.60 Å². The first-order valence-electron chi connectivity index (χ1n) is 8.05. The van der Waals surface area contributed by atoms with E-state index in [1.165, 1.54) is 32.1 Å². The van der Waals surface area contributed by atoms with Crippen LogP contribution in [0.3, 0.4) is 0 Å². The number of amides is 1. The zero-order chi connectivity index (χ0) is 15.0. The molecule has 1 rings (SSSR count). The molecule has 0 radical (unpaired) electrons. The lowest BCUT2D eigenvalue weighted by atomic mass is 9.84. The molecule has 0 aromatic carbocycles. The van der Waals surface area contributed by atoms with E-state index in [0.717, 1.165) is 18.8 Å². The third kappa shape index (κ3) is 7.56. The highest BCUT2D eigenvalue weighted by atomic mass is 16.6. The van der Waals surface area contributed by atoms with E-state index in [2.05, 4.69) is 24.4 Å². The van der Waals surface area contributed by atoms with Gasteiger partial charge in [-0.05, 0) is 65.2 Å². The summed E-state index contributed by atoms with van der Waals surface area (Å²) in [6, 6.07) is 0.292. The molecule has 0 atom stereocenters. The van der Waals surface area contributed by atoms with Crippen molar-refractivity contribution in [1.29, 1.82) is 0 Å². The fourth-order valence-electron chi connectivity index (χ4n) is 2.59. The zero-order valence-electron chi connectivity index (χ0n) is 13.6. The predicted octanol–water partition coefficient (Wildman–Crippen LogP) is 4.82. The Kier molecular flexibility index (Phi) is 7.11. The molecule has 1 aliphatic carbocycles. The molecule has 20 heavy (non-hydrogen) atoms. The second kappa shape index (κ2) is 8.33. The molecule has 0 unspecified atom stereocenters. The molecule has 0 aromatic heterocycles. The lowest BCUT2D eigenvalue weighted by molar-refractivity contribution is 0.0487. The van der Waals surface area contributed by atoms with Crippen LogP contribution in [0.15, 0.2) is 12.2 Å². The predicted molar refractivity (Wildman–Crippen MR) is 83.8 cm³/mol. The van der Waals surface area contributed by atoms with Gasteiger partial charge in [0.05, 0.1) is 0 Å². The van der Waals surface area contributed by atoms with E-state index >= 15 is 0 Å². The van der Waals surface area contributed by atoms with Crippen molar-refractivity contribution in [2.45, 2.75) is 84.3 Å². The molecule has 3 nitrogen and oxygen atoms in total. The van der Waals surface area contributed by atoms with Crippen LogP contribution < -0.4 is 5.32 Å². The minimum atomic E-state index is -0.411. The van der Waals surface area contributed by atoms with E-state index in [0.29, 0.717) is 6.04 Å². The van der Waals surface area contributed by atoms with Crippen LogP contribution in [0.5, 0.6) is 0 Å². The maximum Gasteiger partial charge on any atom is 0.407 e. The second-order valence-electron chi connectivity index (χ2n) is 6.86. The highest BCUT2D eigenvalue weighted by Gasteiger charge is 2.24. The summed E-state index contributed by atoms with van der Waals surface area (Å²) in [7, 11) is 0. The molecule has 0 aromatic rings. The van der Waals surface area contributed by atoms with E-state index in [1.54, 1.807) is 0 Å². The second-order valence-corrected chi connectivity index (χ2v) is 6.86. The topological polar surface area (TPSA) is 38.3 Å². The number of ether oxygens (including phenoxy) is 1. The molecular formula is C17H31NO2. The van der Waals surface area contributed by atoms with Crippen molar-refractivity contribution in [3.63, 3.8) is 0 Å². The number of carbonyl (C=O) groups is 1. The number of hydrogen-bond donors (Lipinski definition) is 1. The Bertz CT molecular complexity index is 309. The van der Waals surface area contributed by atoms with Gasteiger partial charge in [-0.15, -0.1) is 0 Å². The minimum Gasteiger partial charge on any atom is -0.444 e. The third-order valence-electron chi connectivity index (χ3n) is 3.66. The van der Waals surface area contributed by atoms with Crippen LogP contribution in [0.25, 0.3) is 0 Å². The van der Waals surface area contributed by atoms with Gasteiger partial charge in [0.2, 0.25) is 0 Å². The molecule has 0 saturated heterocycles. The van der Waals surface area contributed by atoms with Crippen LogP contribution in [0.4, 0.5) is 4.79 Å². The first-order valence-corrected chi connectivity index (χ1v) is 8.05. The number of unbranched alkanes of at least 4 members (excludes halogenated alkanes) is 1. The Morgan fingerprint density at radius 3 is 2.40 bits per heavy atom. The summed E-state index contributed by atoms with van der Waals surface area (Å²) in [5, 5.41) is 2.99. The van der Waals surface area contributed by atoms with E-state index in [4.69, 9.17) is 4.74 Å². The Hall–Kier alpha value is -0.990. The summed E-state index contributed by atoms with van der Waals surface area (Å²) < 4.78 is 5.30. The van der Waals surface area contributed by atoms with Gasteiger partial charge in [-0.2, -0.15) is 0 Å². The Labute approximate surface area is 124 Å². The van der Waals surface area contributed by atoms with Crippen LogP contribution in [0, 0.1) is 5.92 Å². The molecular weight excluding hydrogens is 250 g/mol. The molecule has 1 fully saturated rings. The van der Waals surface area contributed by atoms with E-state index in [1.807, 2.05) is 20.8 Å². The number of hydrogen-bond acceptors (Lipinski definition) is 2. The molecule has 1 amide bonds. The number of rotatable bonds is 5. The lowest BCUT2D eigenvalue weighted by Crippen LogP contribution is -2.40. The van der Waals surface area contributed by atoms with Crippen molar-refractivity contribution in [1.82, 2.24) is 5.32 Å². The monoisotopic (exact) mass is 281 g/mol. The van der Waals surface area contributed by atoms with Crippen LogP contribution in [-0.4, -0.2) is 17.7 Å². The summed E-state index contributed by atoms with van der Waals surface area (Å²) in [5.41, 5.74) is -0.411. The van der Waals surface area contributed by atoms with Crippen LogP contribution in [-0.2, 0) is 4.74 Å². The van der Waals surface area contributed by atoms with Gasteiger partial charge in [0.1, 0.15) is 5.60 Å². The fraction of sp³-hybridized carbons (Fsp3) is 0.824. The standard InChI is InChI=1S/C17H31NO2/c1-5-6-7-8-9-14-10-12-15(13-11-14)18-16(19)20-17(2,3)4/h7-8,14-15H,5-6,9-13H2,1-4H3,(H,18,19)/b8-7+. The van der Waals surface area contributed by atoms with Gasteiger partial charge in [-0.1, -0.05) is 25.5 Å². The zero-order valence-corrected chi connectivity index (χ0v) is 13.6. The van der Waals surface area contributed by atoms with E-state index in [9.17, 15) is 4.79 Å².